The van der Waals surface area contributed by atoms with E-state index in [-0.39, 0.29) is 34.1 Å². The van der Waals surface area contributed by atoms with Crippen LogP contribution in [0, 0.1) is 5.82 Å². The van der Waals surface area contributed by atoms with Gasteiger partial charge in [0.1, 0.15) is 17.3 Å². The van der Waals surface area contributed by atoms with Crippen molar-refractivity contribution in [3.05, 3.63) is 108 Å². The minimum atomic E-state index is -0.697. The maximum absolute atomic E-state index is 15.6. The Kier molecular flexibility index (Phi) is 8.67. The summed E-state index contributed by atoms with van der Waals surface area (Å²) >= 11 is 0. The molecule has 0 fully saturated rings. The van der Waals surface area contributed by atoms with Crippen LogP contribution in [0.15, 0.2) is 91.1 Å². The highest BCUT2D eigenvalue weighted by molar-refractivity contribution is 5.91. The standard InChI is InChI=1S/C34H31FO6/c1-19(2)32(36)39-18-25-8-7-24-15-22(9-12-27(24)25)23-10-13-28(30(35)16-23)29-14-11-26(40-33(37)20(3)4)17-31(29)41-34(38)21(5)6/h9-17,25H,1,3,5,7-8,18H2,2,4,6H3. The Bertz CT molecular complexity index is 1600. The number of carbonyl (C=O) groups excluding carboxylic acids is 3. The van der Waals surface area contributed by atoms with Gasteiger partial charge < -0.3 is 14.2 Å². The number of aryl methyl sites for hydroxylation is 1. The van der Waals surface area contributed by atoms with Crippen molar-refractivity contribution in [1.82, 2.24) is 0 Å². The van der Waals surface area contributed by atoms with E-state index >= 15 is 4.39 Å². The number of fused-ring (bicyclic) bond motifs is 1. The molecule has 0 saturated carbocycles. The summed E-state index contributed by atoms with van der Waals surface area (Å²) in [6.07, 6.45) is 1.69. The first kappa shape index (κ1) is 29.2. The normalized spacial score (nSPS) is 13.6. The number of esters is 3. The molecule has 0 heterocycles. The van der Waals surface area contributed by atoms with Gasteiger partial charge in [0.15, 0.2) is 0 Å². The molecule has 3 aromatic carbocycles. The fourth-order valence-corrected chi connectivity index (χ4v) is 4.53. The topological polar surface area (TPSA) is 78.9 Å². The second-order valence-corrected chi connectivity index (χ2v) is 10.2. The maximum atomic E-state index is 15.6. The fourth-order valence-electron chi connectivity index (χ4n) is 4.53. The summed E-state index contributed by atoms with van der Waals surface area (Å²) in [5.41, 5.74) is 5.02. The van der Waals surface area contributed by atoms with E-state index in [9.17, 15) is 14.4 Å². The van der Waals surface area contributed by atoms with Gasteiger partial charge in [0.05, 0.1) is 6.61 Å². The fraction of sp³-hybridized carbons (Fsp3) is 0.206. The molecule has 7 heteroatoms. The second kappa shape index (κ2) is 12.2. The summed E-state index contributed by atoms with van der Waals surface area (Å²) in [7, 11) is 0. The lowest BCUT2D eigenvalue weighted by molar-refractivity contribution is -0.139. The van der Waals surface area contributed by atoms with Crippen LogP contribution in [0.25, 0.3) is 22.3 Å². The van der Waals surface area contributed by atoms with Gasteiger partial charge in [-0.3, -0.25) is 0 Å². The van der Waals surface area contributed by atoms with Gasteiger partial charge in [-0.2, -0.15) is 0 Å². The Balaban J connectivity index is 1.61. The average Bonchev–Trinajstić information content (AvgIpc) is 3.34. The molecule has 1 aliphatic rings. The van der Waals surface area contributed by atoms with Crippen molar-refractivity contribution in [3.8, 4) is 33.8 Å². The Morgan fingerprint density at radius 1 is 0.780 bits per heavy atom. The number of carbonyl (C=O) groups is 3. The number of hydrogen-bond acceptors (Lipinski definition) is 6. The van der Waals surface area contributed by atoms with Crippen molar-refractivity contribution in [3.63, 3.8) is 0 Å². The van der Waals surface area contributed by atoms with E-state index in [1.54, 1.807) is 19.1 Å². The molecule has 0 N–H and O–H groups in total. The highest BCUT2D eigenvalue weighted by Crippen LogP contribution is 2.39. The average molecular weight is 555 g/mol. The summed E-state index contributed by atoms with van der Waals surface area (Å²) < 4.78 is 31.7. The van der Waals surface area contributed by atoms with Crippen LogP contribution in [-0.4, -0.2) is 24.5 Å². The summed E-state index contributed by atoms with van der Waals surface area (Å²) in [4.78, 5) is 36.1. The van der Waals surface area contributed by atoms with Gasteiger partial charge in [-0.05, 0) is 74.1 Å². The molecule has 1 atom stereocenters. The van der Waals surface area contributed by atoms with Crippen molar-refractivity contribution in [1.29, 1.82) is 0 Å². The van der Waals surface area contributed by atoms with E-state index in [0.717, 1.165) is 29.5 Å². The Hall–Kier alpha value is -4.78. The molecular weight excluding hydrogens is 523 g/mol. The predicted octanol–water partition coefficient (Wildman–Crippen LogP) is 7.27. The number of rotatable bonds is 9. The van der Waals surface area contributed by atoms with E-state index in [2.05, 4.69) is 19.7 Å². The minimum absolute atomic E-state index is 0.0209. The van der Waals surface area contributed by atoms with Gasteiger partial charge in [-0.15, -0.1) is 0 Å². The molecule has 0 aliphatic heterocycles. The van der Waals surface area contributed by atoms with Crippen LogP contribution >= 0.6 is 0 Å². The molecule has 41 heavy (non-hydrogen) atoms. The lowest BCUT2D eigenvalue weighted by atomic mass is 9.95. The molecule has 210 valence electrons. The number of benzene rings is 3. The zero-order chi connectivity index (χ0) is 29.8. The van der Waals surface area contributed by atoms with Gasteiger partial charge in [-0.25, -0.2) is 18.8 Å². The quantitative estimate of drug-likeness (QED) is 0.157. The van der Waals surface area contributed by atoms with Gasteiger partial charge in [0.25, 0.3) is 0 Å². The van der Waals surface area contributed by atoms with Crippen LogP contribution in [0.2, 0.25) is 0 Å². The Labute approximate surface area is 238 Å². The predicted molar refractivity (Wildman–Crippen MR) is 155 cm³/mol. The van der Waals surface area contributed by atoms with Gasteiger partial charge >= 0.3 is 17.9 Å². The number of hydrogen-bond donors (Lipinski definition) is 0. The van der Waals surface area contributed by atoms with Gasteiger partial charge in [0.2, 0.25) is 0 Å². The largest absolute Gasteiger partial charge is 0.462 e. The molecule has 4 rings (SSSR count). The van der Waals surface area contributed by atoms with E-state index in [1.807, 2.05) is 18.2 Å². The first-order valence-corrected chi connectivity index (χ1v) is 13.1. The second-order valence-electron chi connectivity index (χ2n) is 10.2. The summed E-state index contributed by atoms with van der Waals surface area (Å²) in [6.45, 7) is 15.7. The molecule has 1 aliphatic carbocycles. The highest BCUT2D eigenvalue weighted by atomic mass is 19.1. The Morgan fingerprint density at radius 2 is 1.39 bits per heavy atom. The monoisotopic (exact) mass is 554 g/mol. The zero-order valence-electron chi connectivity index (χ0n) is 23.3. The van der Waals surface area contributed by atoms with Gasteiger partial charge in [0, 0.05) is 39.8 Å². The van der Waals surface area contributed by atoms with Gasteiger partial charge in [-0.1, -0.05) is 50.1 Å². The van der Waals surface area contributed by atoms with E-state index < -0.39 is 23.7 Å². The third-order valence-corrected chi connectivity index (χ3v) is 6.76. The third kappa shape index (κ3) is 6.69. The first-order chi connectivity index (χ1) is 19.4. The number of halogens is 1. The molecule has 0 amide bonds. The van der Waals surface area contributed by atoms with E-state index in [0.29, 0.717) is 23.3 Å². The van der Waals surface area contributed by atoms with E-state index in [4.69, 9.17) is 14.2 Å². The molecule has 0 saturated heterocycles. The van der Waals surface area contributed by atoms with Crippen LogP contribution in [0.5, 0.6) is 11.5 Å². The third-order valence-electron chi connectivity index (χ3n) is 6.76. The van der Waals surface area contributed by atoms with Crippen molar-refractivity contribution in [2.75, 3.05) is 6.61 Å². The van der Waals surface area contributed by atoms with Crippen molar-refractivity contribution < 1.29 is 33.0 Å². The molecule has 1 unspecified atom stereocenters. The maximum Gasteiger partial charge on any atom is 0.338 e. The molecule has 0 radical (unpaired) electrons. The lowest BCUT2D eigenvalue weighted by Crippen LogP contribution is -2.11. The first-order valence-electron chi connectivity index (χ1n) is 13.1. The minimum Gasteiger partial charge on any atom is -0.462 e. The Morgan fingerprint density at radius 3 is 2.05 bits per heavy atom. The summed E-state index contributed by atoms with van der Waals surface area (Å²) in [5, 5.41) is 0. The number of ether oxygens (including phenoxy) is 3. The molecule has 6 nitrogen and oxygen atoms in total. The lowest BCUT2D eigenvalue weighted by Gasteiger charge is -2.15. The van der Waals surface area contributed by atoms with Crippen LogP contribution in [0.4, 0.5) is 4.39 Å². The smallest absolute Gasteiger partial charge is 0.338 e. The van der Waals surface area contributed by atoms with Crippen molar-refractivity contribution in [2.45, 2.75) is 39.5 Å². The SMILES string of the molecule is C=C(C)C(=O)OCC1CCc2cc(-c3ccc(-c4ccc(OC(=O)C(=C)C)cc4OC(=O)C(=C)C)c(F)c3)ccc21. The van der Waals surface area contributed by atoms with Crippen LogP contribution in [-0.2, 0) is 25.5 Å². The zero-order valence-corrected chi connectivity index (χ0v) is 23.3. The van der Waals surface area contributed by atoms with Crippen LogP contribution < -0.4 is 9.47 Å². The van der Waals surface area contributed by atoms with Crippen molar-refractivity contribution >= 4 is 17.9 Å². The molecular formula is C34H31FO6. The highest BCUT2D eigenvalue weighted by Gasteiger charge is 2.25. The summed E-state index contributed by atoms with van der Waals surface area (Å²) in [6, 6.07) is 15.2. The van der Waals surface area contributed by atoms with Crippen LogP contribution in [0.3, 0.4) is 0 Å². The molecule has 0 bridgehead atoms. The van der Waals surface area contributed by atoms with E-state index in [1.165, 1.54) is 38.1 Å². The van der Waals surface area contributed by atoms with Crippen molar-refractivity contribution in [2.24, 2.45) is 0 Å². The molecule has 0 spiro atoms. The molecule has 0 aromatic heterocycles. The summed E-state index contributed by atoms with van der Waals surface area (Å²) in [5.74, 6) is -2.00. The molecule has 3 aromatic rings. The van der Waals surface area contributed by atoms with Crippen LogP contribution in [0.1, 0.15) is 44.2 Å².